The van der Waals surface area contributed by atoms with Crippen molar-refractivity contribution in [1.82, 2.24) is 9.97 Å². The van der Waals surface area contributed by atoms with E-state index in [0.29, 0.717) is 11.8 Å². The average molecular weight is 467 g/mol. The van der Waals surface area contributed by atoms with Crippen molar-refractivity contribution in [2.45, 2.75) is 28.8 Å². The Morgan fingerprint density at radius 2 is 1.77 bits per heavy atom. The lowest BCUT2D eigenvalue weighted by atomic mass is 10.2. The fourth-order valence-electron chi connectivity index (χ4n) is 2.51. The highest BCUT2D eigenvalue weighted by molar-refractivity contribution is 7.98. The summed E-state index contributed by atoms with van der Waals surface area (Å²) in [4.78, 5) is 7.69. The molecule has 7 nitrogen and oxygen atoms in total. The highest BCUT2D eigenvalue weighted by Crippen LogP contribution is 2.25. The zero-order valence-corrected chi connectivity index (χ0v) is 18.1. The molecule has 1 heterocycles. The molecule has 0 fully saturated rings. The van der Waals surface area contributed by atoms with E-state index in [1.807, 2.05) is 30.3 Å². The molecule has 0 aliphatic rings. The molecule has 0 saturated carbocycles. The molecule has 3 rings (SSSR count). The van der Waals surface area contributed by atoms with Crippen LogP contribution in [0.1, 0.15) is 12.5 Å². The van der Waals surface area contributed by atoms with Gasteiger partial charge < -0.3 is 10.4 Å². The highest BCUT2D eigenvalue weighted by atomic mass is 32.2. The number of halogens is 2. The predicted molar refractivity (Wildman–Crippen MR) is 115 cm³/mol. The number of rotatable bonds is 9. The molecule has 1 aromatic heterocycles. The minimum Gasteiger partial charge on any atom is -0.394 e. The third-order valence-electron chi connectivity index (χ3n) is 4.01. The van der Waals surface area contributed by atoms with Gasteiger partial charge >= 0.3 is 0 Å². The lowest BCUT2D eigenvalue weighted by Gasteiger charge is -2.14. The summed E-state index contributed by atoms with van der Waals surface area (Å²) in [5.41, 5.74) is 1.02. The summed E-state index contributed by atoms with van der Waals surface area (Å²) in [6.45, 7) is 1.54. The molecule has 1 atom stereocenters. The quantitative estimate of drug-likeness (QED) is 0.327. The second kappa shape index (κ2) is 10.0. The monoisotopic (exact) mass is 466 g/mol. The topological polar surface area (TPSA) is 104 Å². The minimum atomic E-state index is -4.44. The van der Waals surface area contributed by atoms with Crippen LogP contribution in [-0.2, 0) is 15.8 Å². The molecule has 0 unspecified atom stereocenters. The first-order chi connectivity index (χ1) is 14.8. The lowest BCUT2D eigenvalue weighted by molar-refractivity contribution is 0.281. The summed E-state index contributed by atoms with van der Waals surface area (Å²) in [5, 5.41) is 12.5. The van der Waals surface area contributed by atoms with Crippen molar-refractivity contribution in [2.75, 3.05) is 16.6 Å². The number of sulfonamides is 1. The molecule has 0 aliphatic heterocycles. The van der Waals surface area contributed by atoms with Gasteiger partial charge in [0.15, 0.2) is 5.16 Å². The fourth-order valence-corrected chi connectivity index (χ4v) is 4.41. The molecule has 11 heteroatoms. The molecule has 0 spiro atoms. The SMILES string of the molecule is C[C@H](CO)Nc1cc(NS(=O)(=O)c2cc(F)ccc2F)nc(SCc2ccccc2)n1. The summed E-state index contributed by atoms with van der Waals surface area (Å²) in [6, 6.07) is 12.7. The summed E-state index contributed by atoms with van der Waals surface area (Å²) in [5.74, 6) is -1.30. The first-order valence-corrected chi connectivity index (χ1v) is 11.6. The van der Waals surface area contributed by atoms with Crippen LogP contribution < -0.4 is 10.0 Å². The van der Waals surface area contributed by atoms with E-state index >= 15 is 0 Å². The van der Waals surface area contributed by atoms with E-state index < -0.39 is 26.6 Å². The highest BCUT2D eigenvalue weighted by Gasteiger charge is 2.21. The van der Waals surface area contributed by atoms with Crippen molar-refractivity contribution >= 4 is 33.4 Å². The summed E-state index contributed by atoms with van der Waals surface area (Å²) in [6.07, 6.45) is 0. The van der Waals surface area contributed by atoms with Crippen molar-refractivity contribution < 1.29 is 22.3 Å². The Balaban J connectivity index is 1.90. The second-order valence-corrected chi connectivity index (χ2v) is 9.20. The third kappa shape index (κ3) is 6.36. The van der Waals surface area contributed by atoms with E-state index in [0.717, 1.165) is 17.7 Å². The average Bonchev–Trinajstić information content (AvgIpc) is 2.74. The Kier molecular flexibility index (Phi) is 7.42. The van der Waals surface area contributed by atoms with Gasteiger partial charge in [-0.05, 0) is 30.7 Å². The van der Waals surface area contributed by atoms with E-state index in [4.69, 9.17) is 0 Å². The number of aliphatic hydroxyl groups is 1. The standard InChI is InChI=1S/C20H20F2N4O3S2/c1-13(11-27)23-18-10-19(25-20(24-18)30-12-14-5-3-2-4-6-14)26-31(28,29)17-9-15(21)7-8-16(17)22/h2-10,13,27H,11-12H2,1H3,(H2,23,24,25,26)/t13-/m1/s1. The normalized spacial score (nSPS) is 12.4. The van der Waals surface area contributed by atoms with Crippen molar-refractivity contribution in [3.8, 4) is 0 Å². The zero-order valence-electron chi connectivity index (χ0n) is 16.4. The number of aromatic nitrogens is 2. The summed E-state index contributed by atoms with van der Waals surface area (Å²) >= 11 is 1.27. The Hall–Kier alpha value is -2.76. The molecule has 2 aromatic carbocycles. The zero-order chi connectivity index (χ0) is 22.4. The van der Waals surface area contributed by atoms with Gasteiger partial charge in [0.05, 0.1) is 6.61 Å². The maximum Gasteiger partial charge on any atom is 0.266 e. The summed E-state index contributed by atoms with van der Waals surface area (Å²) < 4.78 is 54.8. The van der Waals surface area contributed by atoms with Gasteiger partial charge in [0, 0.05) is 17.9 Å². The minimum absolute atomic E-state index is 0.123. The molecular formula is C20H20F2N4O3S2. The number of hydrogen-bond donors (Lipinski definition) is 3. The first kappa shape index (κ1) is 22.9. The molecule has 0 amide bonds. The Morgan fingerprint density at radius 1 is 1.06 bits per heavy atom. The number of benzene rings is 2. The molecule has 0 saturated heterocycles. The first-order valence-electron chi connectivity index (χ1n) is 9.18. The van der Waals surface area contributed by atoms with Gasteiger partial charge in [-0.1, -0.05) is 42.1 Å². The molecule has 164 valence electrons. The molecule has 3 N–H and O–H groups in total. The van der Waals surface area contributed by atoms with Gasteiger partial charge in [-0.25, -0.2) is 27.2 Å². The largest absolute Gasteiger partial charge is 0.394 e. The maximum absolute atomic E-state index is 14.0. The van der Waals surface area contributed by atoms with Crippen LogP contribution in [0.15, 0.2) is 64.6 Å². The molecule has 0 bridgehead atoms. The smallest absolute Gasteiger partial charge is 0.266 e. The van der Waals surface area contributed by atoms with Crippen LogP contribution in [0.25, 0.3) is 0 Å². The van der Waals surface area contributed by atoms with Crippen molar-refractivity contribution in [2.24, 2.45) is 0 Å². The molecule has 0 radical (unpaired) electrons. The van der Waals surface area contributed by atoms with Gasteiger partial charge in [-0.3, -0.25) is 4.72 Å². The summed E-state index contributed by atoms with van der Waals surface area (Å²) in [7, 11) is -4.44. The lowest BCUT2D eigenvalue weighted by Crippen LogP contribution is -2.21. The Labute approximate surface area is 183 Å². The van der Waals surface area contributed by atoms with E-state index in [1.54, 1.807) is 6.92 Å². The molecule has 0 aliphatic carbocycles. The van der Waals surface area contributed by atoms with Crippen molar-refractivity contribution in [3.63, 3.8) is 0 Å². The van der Waals surface area contributed by atoms with Crippen molar-refractivity contribution in [3.05, 3.63) is 71.8 Å². The molecule has 31 heavy (non-hydrogen) atoms. The predicted octanol–water partition coefficient (Wildman–Crippen LogP) is 3.64. The van der Waals surface area contributed by atoms with Crippen LogP contribution in [0.3, 0.4) is 0 Å². The van der Waals surface area contributed by atoms with Crippen LogP contribution in [0.4, 0.5) is 20.4 Å². The maximum atomic E-state index is 14.0. The van der Waals surface area contributed by atoms with Gasteiger partial charge in [-0.15, -0.1) is 0 Å². The van der Waals surface area contributed by atoms with Crippen LogP contribution in [0.5, 0.6) is 0 Å². The Bertz CT molecular complexity index is 1150. The van der Waals surface area contributed by atoms with E-state index in [-0.39, 0.29) is 29.4 Å². The second-order valence-electron chi connectivity index (χ2n) is 6.60. The van der Waals surface area contributed by atoms with Crippen molar-refractivity contribution in [1.29, 1.82) is 0 Å². The number of nitrogens with zero attached hydrogens (tertiary/aromatic N) is 2. The van der Waals surface area contributed by atoms with Crippen LogP contribution in [0.2, 0.25) is 0 Å². The van der Waals surface area contributed by atoms with Crippen LogP contribution in [0, 0.1) is 11.6 Å². The fraction of sp³-hybridized carbons (Fsp3) is 0.200. The Morgan fingerprint density at radius 3 is 2.48 bits per heavy atom. The van der Waals surface area contributed by atoms with Gasteiger partial charge in [0.25, 0.3) is 10.0 Å². The number of anilines is 2. The van der Waals surface area contributed by atoms with Crippen LogP contribution in [-0.4, -0.2) is 36.1 Å². The number of hydrogen-bond acceptors (Lipinski definition) is 7. The number of thioether (sulfide) groups is 1. The van der Waals surface area contributed by atoms with E-state index in [9.17, 15) is 22.3 Å². The number of nitrogens with one attached hydrogen (secondary N) is 2. The number of aliphatic hydroxyl groups excluding tert-OH is 1. The van der Waals surface area contributed by atoms with Gasteiger partial charge in [-0.2, -0.15) is 0 Å². The van der Waals surface area contributed by atoms with Crippen LogP contribution >= 0.6 is 11.8 Å². The van der Waals surface area contributed by atoms with Gasteiger partial charge in [0.1, 0.15) is 28.2 Å². The van der Waals surface area contributed by atoms with Gasteiger partial charge in [0.2, 0.25) is 0 Å². The third-order valence-corrected chi connectivity index (χ3v) is 6.29. The molecule has 3 aromatic rings. The van der Waals surface area contributed by atoms with E-state index in [1.165, 1.54) is 17.8 Å². The molecular weight excluding hydrogens is 446 g/mol. The van der Waals surface area contributed by atoms with E-state index in [2.05, 4.69) is 20.0 Å².